The van der Waals surface area contributed by atoms with Crippen LogP contribution in [0.3, 0.4) is 0 Å². The maximum atomic E-state index is 12.1. The normalized spacial score (nSPS) is 11.1. The topological polar surface area (TPSA) is 110 Å². The molecule has 0 aromatic carbocycles. The monoisotopic (exact) mass is 303 g/mol. The molecule has 0 amide bonds. The maximum Gasteiger partial charge on any atom is 0.360 e. The standard InChI is InChI=1S/C14H17N5O3/c1-4-22-13(20)11-12(18-9-5-15-8-16-6-9)17-7-10(19-11)14(2,3)21/h5-8,21H,4H2,1-3H3,(H,17,18). The predicted molar refractivity (Wildman–Crippen MR) is 78.5 cm³/mol. The van der Waals surface area contributed by atoms with Crippen LogP contribution in [-0.4, -0.2) is 37.6 Å². The molecule has 8 nitrogen and oxygen atoms in total. The van der Waals surface area contributed by atoms with Crippen LogP contribution in [0.15, 0.2) is 24.9 Å². The van der Waals surface area contributed by atoms with Crippen LogP contribution >= 0.6 is 0 Å². The van der Waals surface area contributed by atoms with Gasteiger partial charge in [-0.25, -0.2) is 24.7 Å². The minimum atomic E-state index is -1.22. The zero-order valence-corrected chi connectivity index (χ0v) is 12.6. The number of aliphatic hydroxyl groups is 1. The van der Waals surface area contributed by atoms with Crippen LogP contribution in [0.4, 0.5) is 11.5 Å². The Balaban J connectivity index is 2.41. The Morgan fingerprint density at radius 2 is 2.00 bits per heavy atom. The summed E-state index contributed by atoms with van der Waals surface area (Å²) in [5.41, 5.74) is -0.406. The molecular weight excluding hydrogens is 286 g/mol. The van der Waals surface area contributed by atoms with Crippen molar-refractivity contribution in [1.82, 2.24) is 19.9 Å². The van der Waals surface area contributed by atoms with Crippen LogP contribution in [0.1, 0.15) is 37.0 Å². The van der Waals surface area contributed by atoms with Crippen molar-refractivity contribution >= 4 is 17.5 Å². The molecule has 0 aliphatic heterocycles. The number of aromatic nitrogens is 4. The summed E-state index contributed by atoms with van der Waals surface area (Å²) in [6, 6.07) is 0. The number of hydrogen-bond acceptors (Lipinski definition) is 8. The van der Waals surface area contributed by atoms with E-state index >= 15 is 0 Å². The van der Waals surface area contributed by atoms with Crippen molar-refractivity contribution in [2.45, 2.75) is 26.4 Å². The molecule has 116 valence electrons. The number of carbonyl (C=O) groups is 1. The molecular formula is C14H17N5O3. The van der Waals surface area contributed by atoms with Gasteiger partial charge in [-0.15, -0.1) is 0 Å². The van der Waals surface area contributed by atoms with Crippen LogP contribution < -0.4 is 5.32 Å². The van der Waals surface area contributed by atoms with E-state index in [9.17, 15) is 9.90 Å². The van der Waals surface area contributed by atoms with E-state index in [0.29, 0.717) is 5.69 Å². The lowest BCUT2D eigenvalue weighted by molar-refractivity contribution is 0.0513. The van der Waals surface area contributed by atoms with Gasteiger partial charge in [0.2, 0.25) is 0 Å². The number of hydrogen-bond donors (Lipinski definition) is 2. The number of carbonyl (C=O) groups excluding carboxylic acids is 1. The number of rotatable bonds is 5. The van der Waals surface area contributed by atoms with Crippen molar-refractivity contribution in [3.63, 3.8) is 0 Å². The van der Waals surface area contributed by atoms with E-state index in [-0.39, 0.29) is 23.8 Å². The van der Waals surface area contributed by atoms with Gasteiger partial charge in [0.05, 0.1) is 36.6 Å². The minimum absolute atomic E-state index is 0.00896. The Labute approximate surface area is 127 Å². The molecule has 2 aromatic rings. The van der Waals surface area contributed by atoms with E-state index in [4.69, 9.17) is 4.74 Å². The Kier molecular flexibility index (Phi) is 4.62. The largest absolute Gasteiger partial charge is 0.461 e. The Morgan fingerprint density at radius 3 is 2.59 bits per heavy atom. The molecule has 22 heavy (non-hydrogen) atoms. The first-order valence-electron chi connectivity index (χ1n) is 6.71. The van der Waals surface area contributed by atoms with Gasteiger partial charge in [-0.2, -0.15) is 0 Å². The highest BCUT2D eigenvalue weighted by atomic mass is 16.5. The van der Waals surface area contributed by atoms with Gasteiger partial charge in [0.15, 0.2) is 11.5 Å². The maximum absolute atomic E-state index is 12.1. The number of anilines is 2. The van der Waals surface area contributed by atoms with Gasteiger partial charge in [0.25, 0.3) is 0 Å². The highest BCUT2D eigenvalue weighted by molar-refractivity contribution is 5.93. The molecule has 2 rings (SSSR count). The third kappa shape index (κ3) is 3.73. The van der Waals surface area contributed by atoms with Crippen molar-refractivity contribution in [2.75, 3.05) is 11.9 Å². The second-order valence-electron chi connectivity index (χ2n) is 4.98. The Bertz CT molecular complexity index is 655. The third-order valence-electron chi connectivity index (χ3n) is 2.69. The van der Waals surface area contributed by atoms with Crippen molar-refractivity contribution in [1.29, 1.82) is 0 Å². The molecule has 0 saturated heterocycles. The van der Waals surface area contributed by atoms with E-state index in [1.54, 1.807) is 20.8 Å². The van der Waals surface area contributed by atoms with Crippen LogP contribution in [0.2, 0.25) is 0 Å². The predicted octanol–water partition coefficient (Wildman–Crippen LogP) is 1.41. The highest BCUT2D eigenvalue weighted by Gasteiger charge is 2.24. The van der Waals surface area contributed by atoms with Crippen LogP contribution in [0, 0.1) is 0 Å². The molecule has 0 saturated carbocycles. The summed E-state index contributed by atoms with van der Waals surface area (Å²) >= 11 is 0. The third-order valence-corrected chi connectivity index (χ3v) is 2.69. The fourth-order valence-corrected chi connectivity index (χ4v) is 1.62. The molecule has 0 aliphatic carbocycles. The van der Waals surface area contributed by atoms with Crippen LogP contribution in [0.5, 0.6) is 0 Å². The Morgan fingerprint density at radius 1 is 1.32 bits per heavy atom. The molecule has 0 bridgehead atoms. The lowest BCUT2D eigenvalue weighted by Gasteiger charge is -2.18. The van der Waals surface area contributed by atoms with Gasteiger partial charge < -0.3 is 15.2 Å². The van der Waals surface area contributed by atoms with Gasteiger partial charge in [0.1, 0.15) is 11.9 Å². The summed E-state index contributed by atoms with van der Waals surface area (Å²) in [4.78, 5) is 28.1. The summed E-state index contributed by atoms with van der Waals surface area (Å²) in [7, 11) is 0. The smallest absolute Gasteiger partial charge is 0.360 e. The lowest BCUT2D eigenvalue weighted by Crippen LogP contribution is -2.21. The number of nitrogens with one attached hydrogen (secondary N) is 1. The van der Waals surface area contributed by atoms with Gasteiger partial charge in [-0.05, 0) is 20.8 Å². The van der Waals surface area contributed by atoms with E-state index in [1.165, 1.54) is 24.9 Å². The fourth-order valence-electron chi connectivity index (χ4n) is 1.62. The number of nitrogens with zero attached hydrogens (tertiary/aromatic N) is 4. The second kappa shape index (κ2) is 6.44. The summed E-state index contributed by atoms with van der Waals surface area (Å²) in [6.07, 6.45) is 5.86. The van der Waals surface area contributed by atoms with Crippen molar-refractivity contribution in [2.24, 2.45) is 0 Å². The zero-order valence-electron chi connectivity index (χ0n) is 12.6. The molecule has 0 unspecified atom stereocenters. The average molecular weight is 303 g/mol. The second-order valence-corrected chi connectivity index (χ2v) is 4.98. The van der Waals surface area contributed by atoms with Crippen LogP contribution in [0.25, 0.3) is 0 Å². The molecule has 0 aliphatic rings. The van der Waals surface area contributed by atoms with E-state index in [1.807, 2.05) is 0 Å². The molecule has 0 atom stereocenters. The van der Waals surface area contributed by atoms with E-state index < -0.39 is 11.6 Å². The number of esters is 1. The molecule has 2 N–H and O–H groups in total. The highest BCUT2D eigenvalue weighted by Crippen LogP contribution is 2.22. The van der Waals surface area contributed by atoms with Gasteiger partial charge >= 0.3 is 5.97 Å². The van der Waals surface area contributed by atoms with E-state index in [2.05, 4.69) is 25.3 Å². The number of ether oxygens (including phenoxy) is 1. The van der Waals surface area contributed by atoms with E-state index in [0.717, 1.165) is 0 Å². The molecule has 0 spiro atoms. The molecule has 2 aromatic heterocycles. The van der Waals surface area contributed by atoms with Crippen molar-refractivity contribution in [3.05, 3.63) is 36.3 Å². The Hall–Kier alpha value is -2.61. The molecule has 2 heterocycles. The van der Waals surface area contributed by atoms with Gasteiger partial charge in [-0.3, -0.25) is 0 Å². The quantitative estimate of drug-likeness (QED) is 0.798. The first kappa shape index (κ1) is 15.8. The molecule has 8 heteroatoms. The van der Waals surface area contributed by atoms with Crippen molar-refractivity contribution < 1.29 is 14.6 Å². The molecule has 0 radical (unpaired) electrons. The van der Waals surface area contributed by atoms with Gasteiger partial charge in [-0.1, -0.05) is 0 Å². The molecule has 0 fully saturated rings. The lowest BCUT2D eigenvalue weighted by atomic mass is 10.1. The zero-order chi connectivity index (χ0) is 16.2. The SMILES string of the molecule is CCOC(=O)c1nc(C(C)(C)O)cnc1Nc1cncnc1. The first-order valence-corrected chi connectivity index (χ1v) is 6.71. The van der Waals surface area contributed by atoms with Crippen LogP contribution in [-0.2, 0) is 10.3 Å². The first-order chi connectivity index (χ1) is 10.4. The van der Waals surface area contributed by atoms with Gasteiger partial charge in [0, 0.05) is 0 Å². The summed E-state index contributed by atoms with van der Waals surface area (Å²) in [5.74, 6) is -0.415. The summed E-state index contributed by atoms with van der Waals surface area (Å²) < 4.78 is 4.98. The average Bonchev–Trinajstić information content (AvgIpc) is 2.48. The minimum Gasteiger partial charge on any atom is -0.461 e. The van der Waals surface area contributed by atoms with Crippen molar-refractivity contribution in [3.8, 4) is 0 Å². The fraction of sp³-hybridized carbons (Fsp3) is 0.357. The summed E-state index contributed by atoms with van der Waals surface area (Å²) in [6.45, 7) is 5.03. The summed E-state index contributed by atoms with van der Waals surface area (Å²) in [5, 5.41) is 12.9.